The van der Waals surface area contributed by atoms with Crippen LogP contribution in [0.5, 0.6) is 0 Å². The Bertz CT molecular complexity index is 354. The van der Waals surface area contributed by atoms with Crippen molar-refractivity contribution in [3.05, 3.63) is 11.9 Å². The summed E-state index contributed by atoms with van der Waals surface area (Å²) >= 11 is 0. The van der Waals surface area contributed by atoms with Gasteiger partial charge in [-0.05, 0) is 33.5 Å². The molecule has 0 amide bonds. The highest BCUT2D eigenvalue weighted by Crippen LogP contribution is 2.35. The van der Waals surface area contributed by atoms with E-state index >= 15 is 0 Å². The molecule has 0 aliphatic carbocycles. The van der Waals surface area contributed by atoms with Gasteiger partial charge in [0, 0.05) is 12.6 Å². The van der Waals surface area contributed by atoms with Crippen molar-refractivity contribution in [3.8, 4) is 0 Å². The second kappa shape index (κ2) is 6.29. The van der Waals surface area contributed by atoms with Crippen molar-refractivity contribution >= 4 is 0 Å². The first-order valence-corrected chi connectivity index (χ1v) is 6.78. The maximum absolute atomic E-state index is 4.07. The average molecular weight is 253 g/mol. The summed E-state index contributed by atoms with van der Waals surface area (Å²) in [5.74, 6) is 0. The zero-order valence-corrected chi connectivity index (χ0v) is 12.6. The van der Waals surface area contributed by atoms with Crippen molar-refractivity contribution in [1.29, 1.82) is 0 Å². The molecular formula is C13H27N5. The Balaban J connectivity index is 3.21. The molecule has 1 unspecified atom stereocenters. The second-order valence-electron chi connectivity index (χ2n) is 4.98. The fourth-order valence-corrected chi connectivity index (χ4v) is 2.88. The summed E-state index contributed by atoms with van der Waals surface area (Å²) in [6.45, 7) is 7.57. The maximum Gasteiger partial charge on any atom is 0.0772 e. The molecule has 5 nitrogen and oxygen atoms in total. The Kier molecular flexibility index (Phi) is 5.28. The van der Waals surface area contributed by atoms with Crippen molar-refractivity contribution in [3.63, 3.8) is 0 Å². The van der Waals surface area contributed by atoms with Gasteiger partial charge in [-0.15, -0.1) is 5.10 Å². The number of aromatic nitrogens is 3. The minimum absolute atomic E-state index is 0.0888. The van der Waals surface area contributed by atoms with Gasteiger partial charge in [0.2, 0.25) is 0 Å². The van der Waals surface area contributed by atoms with Crippen LogP contribution in [-0.2, 0) is 7.05 Å². The molecule has 1 heterocycles. The van der Waals surface area contributed by atoms with E-state index in [-0.39, 0.29) is 11.6 Å². The molecular weight excluding hydrogens is 226 g/mol. The highest BCUT2D eigenvalue weighted by Gasteiger charge is 2.39. The van der Waals surface area contributed by atoms with E-state index in [1.807, 2.05) is 17.9 Å². The molecule has 0 bridgehead atoms. The zero-order chi connectivity index (χ0) is 13.8. The molecule has 1 N–H and O–H groups in total. The first kappa shape index (κ1) is 15.1. The number of hydrogen-bond donors (Lipinski definition) is 1. The molecule has 0 radical (unpaired) electrons. The van der Waals surface area contributed by atoms with Gasteiger partial charge in [0.25, 0.3) is 0 Å². The van der Waals surface area contributed by atoms with Gasteiger partial charge in [0.15, 0.2) is 0 Å². The number of likely N-dealkylation sites (N-methyl/N-ethyl adjacent to an activating group) is 2. The van der Waals surface area contributed by atoms with Crippen molar-refractivity contribution in [2.24, 2.45) is 7.05 Å². The van der Waals surface area contributed by atoms with Gasteiger partial charge in [-0.3, -0.25) is 4.68 Å². The normalized spacial score (nSPS) is 14.2. The van der Waals surface area contributed by atoms with Crippen LogP contribution in [0.4, 0.5) is 0 Å². The van der Waals surface area contributed by atoms with Gasteiger partial charge < -0.3 is 10.2 Å². The standard InChI is InChI=1S/C13H27N5/c1-7-13(8-2,17(4)5)12(14-9-3)11-10-15-16-18(11)6/h10,12,14H,7-9H2,1-6H3. The van der Waals surface area contributed by atoms with E-state index in [0.29, 0.717) is 0 Å². The largest absolute Gasteiger partial charge is 0.307 e. The molecule has 1 aromatic heterocycles. The summed E-state index contributed by atoms with van der Waals surface area (Å²) < 4.78 is 1.87. The van der Waals surface area contributed by atoms with Crippen molar-refractivity contribution < 1.29 is 0 Å². The minimum Gasteiger partial charge on any atom is -0.307 e. The number of nitrogens with one attached hydrogen (secondary N) is 1. The first-order valence-electron chi connectivity index (χ1n) is 6.78. The van der Waals surface area contributed by atoms with Crippen LogP contribution < -0.4 is 5.32 Å². The Morgan fingerprint density at radius 3 is 2.28 bits per heavy atom. The molecule has 104 valence electrons. The van der Waals surface area contributed by atoms with Crippen LogP contribution in [0.25, 0.3) is 0 Å². The highest BCUT2D eigenvalue weighted by molar-refractivity contribution is 5.12. The second-order valence-corrected chi connectivity index (χ2v) is 4.98. The fraction of sp³-hybridized carbons (Fsp3) is 0.846. The van der Waals surface area contributed by atoms with Crippen molar-refractivity contribution in [2.75, 3.05) is 20.6 Å². The molecule has 5 heteroatoms. The van der Waals surface area contributed by atoms with Crippen LogP contribution in [0, 0.1) is 0 Å². The number of nitrogens with zero attached hydrogens (tertiary/aromatic N) is 4. The topological polar surface area (TPSA) is 46.0 Å². The molecule has 0 aromatic carbocycles. The Morgan fingerprint density at radius 2 is 1.94 bits per heavy atom. The molecule has 1 atom stereocenters. The van der Waals surface area contributed by atoms with Crippen molar-refractivity contribution in [1.82, 2.24) is 25.2 Å². The van der Waals surface area contributed by atoms with Crippen LogP contribution in [0.1, 0.15) is 45.3 Å². The predicted molar refractivity (Wildman–Crippen MR) is 74.4 cm³/mol. The van der Waals surface area contributed by atoms with E-state index in [9.17, 15) is 0 Å². The van der Waals surface area contributed by atoms with Crippen LogP contribution in [0.3, 0.4) is 0 Å². The third-order valence-electron chi connectivity index (χ3n) is 4.11. The SMILES string of the molecule is CCNC(c1cnnn1C)C(CC)(CC)N(C)C. The summed E-state index contributed by atoms with van der Waals surface area (Å²) in [7, 11) is 6.26. The first-order chi connectivity index (χ1) is 8.53. The van der Waals surface area contributed by atoms with Gasteiger partial charge in [0.1, 0.15) is 0 Å². The molecule has 0 fully saturated rings. The summed E-state index contributed by atoms with van der Waals surface area (Å²) in [6, 6.07) is 0.243. The Morgan fingerprint density at radius 1 is 1.33 bits per heavy atom. The van der Waals surface area contributed by atoms with E-state index in [1.165, 1.54) is 0 Å². The maximum atomic E-state index is 4.07. The average Bonchev–Trinajstić information content (AvgIpc) is 2.75. The third-order valence-corrected chi connectivity index (χ3v) is 4.11. The highest BCUT2D eigenvalue weighted by atomic mass is 15.4. The molecule has 18 heavy (non-hydrogen) atoms. The van der Waals surface area contributed by atoms with E-state index in [0.717, 1.165) is 25.1 Å². The van der Waals surface area contributed by atoms with Gasteiger partial charge in [0.05, 0.1) is 17.9 Å². The molecule has 0 aliphatic rings. The number of hydrogen-bond acceptors (Lipinski definition) is 4. The summed E-state index contributed by atoms with van der Waals surface area (Å²) in [5, 5.41) is 11.7. The third kappa shape index (κ3) is 2.57. The van der Waals surface area contributed by atoms with E-state index in [4.69, 9.17) is 0 Å². The molecule has 1 aromatic rings. The summed E-state index contributed by atoms with van der Waals surface area (Å²) in [5.41, 5.74) is 1.24. The zero-order valence-electron chi connectivity index (χ0n) is 12.6. The lowest BCUT2D eigenvalue weighted by Gasteiger charge is -2.45. The molecule has 0 saturated carbocycles. The van der Waals surface area contributed by atoms with Crippen LogP contribution >= 0.6 is 0 Å². The smallest absolute Gasteiger partial charge is 0.0772 e. The molecule has 0 aliphatic heterocycles. The minimum atomic E-state index is 0.0888. The monoisotopic (exact) mass is 253 g/mol. The van der Waals surface area contributed by atoms with Crippen LogP contribution in [-0.4, -0.2) is 46.1 Å². The Labute approximate surface area is 111 Å². The Hall–Kier alpha value is -0.940. The molecule has 0 saturated heterocycles. The predicted octanol–water partition coefficient (Wildman–Crippen LogP) is 1.59. The van der Waals surface area contributed by atoms with E-state index < -0.39 is 0 Å². The van der Waals surface area contributed by atoms with Crippen LogP contribution in [0.2, 0.25) is 0 Å². The van der Waals surface area contributed by atoms with E-state index in [2.05, 4.69) is 55.4 Å². The van der Waals surface area contributed by atoms with Gasteiger partial charge in [-0.2, -0.15) is 0 Å². The van der Waals surface area contributed by atoms with Gasteiger partial charge in [-0.1, -0.05) is 26.0 Å². The van der Waals surface area contributed by atoms with Gasteiger partial charge in [-0.25, -0.2) is 0 Å². The molecule has 0 spiro atoms. The summed E-state index contributed by atoms with van der Waals surface area (Å²) in [6.07, 6.45) is 4.04. The quantitative estimate of drug-likeness (QED) is 0.801. The van der Waals surface area contributed by atoms with Crippen LogP contribution in [0.15, 0.2) is 6.20 Å². The summed E-state index contributed by atoms with van der Waals surface area (Å²) in [4.78, 5) is 2.33. The lowest BCUT2D eigenvalue weighted by atomic mass is 9.81. The lowest BCUT2D eigenvalue weighted by Crippen LogP contribution is -2.53. The fourth-order valence-electron chi connectivity index (χ4n) is 2.88. The number of rotatable bonds is 7. The van der Waals surface area contributed by atoms with Crippen molar-refractivity contribution in [2.45, 2.75) is 45.2 Å². The van der Waals surface area contributed by atoms with Gasteiger partial charge >= 0.3 is 0 Å². The van der Waals surface area contributed by atoms with E-state index in [1.54, 1.807) is 0 Å². The molecule has 1 rings (SSSR count). The lowest BCUT2D eigenvalue weighted by molar-refractivity contribution is 0.0852. The number of aryl methyl sites for hydroxylation is 1.